The number of carboxylic acid groups (broad SMARTS) is 1. The van der Waals surface area contributed by atoms with Gasteiger partial charge in [0, 0.05) is 24.9 Å². The molecule has 0 saturated carbocycles. The quantitative estimate of drug-likeness (QED) is 0.610. The Morgan fingerprint density at radius 3 is 2.39 bits per heavy atom. The molecule has 2 amide bonds. The van der Waals surface area contributed by atoms with Crippen LogP contribution in [0.1, 0.15) is 61.5 Å². The second-order valence-corrected chi connectivity index (χ2v) is 8.08. The number of carboxylic acids is 1. The summed E-state index contributed by atoms with van der Waals surface area (Å²) < 4.78 is 5.54. The van der Waals surface area contributed by atoms with Crippen molar-refractivity contribution >= 4 is 29.2 Å². The van der Waals surface area contributed by atoms with Crippen molar-refractivity contribution in [2.24, 2.45) is 5.41 Å². The molecule has 0 spiro atoms. The molecule has 4 N–H and O–H groups in total. The largest absolute Gasteiger partial charge is 0.478 e. The molecule has 1 aliphatic heterocycles. The van der Waals surface area contributed by atoms with Crippen LogP contribution in [0.4, 0.5) is 11.4 Å². The molecule has 28 heavy (non-hydrogen) atoms. The third-order valence-electron chi connectivity index (χ3n) is 4.78. The standard InChI is InChI=1S/C20H28N2O6/c1-10-8-13(22-19(27)20(3,4)5)16(18(25)26)17(21-11(2)24)15(10)12-6-7-28-14(12)9-23/h8,12,14,23H,6-7,9H2,1-5H3,(H,21,24)(H,22,27)(H,25,26)/t12-,14-/m0/s1. The number of aromatic carboxylic acids is 1. The number of benzene rings is 1. The zero-order valence-electron chi connectivity index (χ0n) is 16.9. The van der Waals surface area contributed by atoms with Gasteiger partial charge in [-0.25, -0.2) is 4.79 Å². The van der Waals surface area contributed by atoms with Gasteiger partial charge in [-0.1, -0.05) is 20.8 Å². The van der Waals surface area contributed by atoms with E-state index in [0.717, 1.165) is 0 Å². The summed E-state index contributed by atoms with van der Waals surface area (Å²) in [6.07, 6.45) is 0.105. The van der Waals surface area contributed by atoms with Crippen molar-refractivity contribution in [1.82, 2.24) is 0 Å². The summed E-state index contributed by atoms with van der Waals surface area (Å²) in [7, 11) is 0. The number of carbonyl (C=O) groups is 3. The molecule has 0 unspecified atom stereocenters. The highest BCUT2D eigenvalue weighted by Gasteiger charge is 2.35. The van der Waals surface area contributed by atoms with Crippen LogP contribution < -0.4 is 10.6 Å². The lowest BCUT2D eigenvalue weighted by Crippen LogP contribution is -2.29. The van der Waals surface area contributed by atoms with Gasteiger partial charge in [0.1, 0.15) is 5.56 Å². The zero-order chi connectivity index (χ0) is 21.2. The first-order valence-electron chi connectivity index (χ1n) is 9.19. The number of amides is 2. The van der Waals surface area contributed by atoms with E-state index in [-0.39, 0.29) is 35.4 Å². The lowest BCUT2D eigenvalue weighted by molar-refractivity contribution is -0.123. The van der Waals surface area contributed by atoms with Gasteiger partial charge < -0.3 is 25.6 Å². The Balaban J connectivity index is 2.70. The van der Waals surface area contributed by atoms with Gasteiger partial charge in [0.15, 0.2) is 0 Å². The molecule has 1 heterocycles. The number of ether oxygens (including phenoxy) is 1. The number of hydrogen-bond acceptors (Lipinski definition) is 5. The molecule has 2 atom stereocenters. The van der Waals surface area contributed by atoms with Crippen molar-refractivity contribution in [1.29, 1.82) is 0 Å². The lowest BCUT2D eigenvalue weighted by Gasteiger charge is -2.26. The molecular weight excluding hydrogens is 364 g/mol. The Kier molecular flexibility index (Phi) is 6.46. The number of aliphatic hydroxyl groups is 1. The Morgan fingerprint density at radius 2 is 1.89 bits per heavy atom. The normalized spacial score (nSPS) is 19.4. The summed E-state index contributed by atoms with van der Waals surface area (Å²) in [6.45, 7) is 8.46. The maximum atomic E-state index is 12.4. The van der Waals surface area contributed by atoms with Crippen LogP contribution in [0.5, 0.6) is 0 Å². The zero-order valence-corrected chi connectivity index (χ0v) is 16.9. The maximum absolute atomic E-state index is 12.4. The summed E-state index contributed by atoms with van der Waals surface area (Å²) in [5.41, 5.74) is 0.662. The Bertz CT molecular complexity index is 797. The highest BCUT2D eigenvalue weighted by Crippen LogP contribution is 2.42. The van der Waals surface area contributed by atoms with E-state index in [1.807, 2.05) is 0 Å². The maximum Gasteiger partial charge on any atom is 0.339 e. The van der Waals surface area contributed by atoms with Gasteiger partial charge in [-0.2, -0.15) is 0 Å². The number of anilines is 2. The Morgan fingerprint density at radius 1 is 1.25 bits per heavy atom. The third-order valence-corrected chi connectivity index (χ3v) is 4.78. The molecule has 8 nitrogen and oxygen atoms in total. The van der Waals surface area contributed by atoms with E-state index in [0.29, 0.717) is 24.2 Å². The van der Waals surface area contributed by atoms with E-state index >= 15 is 0 Å². The first-order chi connectivity index (χ1) is 13.0. The molecule has 2 rings (SSSR count). The van der Waals surface area contributed by atoms with Crippen LogP contribution in [0.3, 0.4) is 0 Å². The molecule has 1 aliphatic rings. The average Bonchev–Trinajstić information content (AvgIpc) is 3.00. The van der Waals surface area contributed by atoms with Crippen molar-refractivity contribution in [3.05, 3.63) is 22.8 Å². The van der Waals surface area contributed by atoms with E-state index in [9.17, 15) is 24.6 Å². The average molecular weight is 392 g/mol. The number of aliphatic hydroxyl groups excluding tert-OH is 1. The topological polar surface area (TPSA) is 125 Å². The minimum absolute atomic E-state index is 0.122. The Labute approximate surface area is 164 Å². The molecule has 154 valence electrons. The van der Waals surface area contributed by atoms with Gasteiger partial charge in [-0.3, -0.25) is 9.59 Å². The van der Waals surface area contributed by atoms with Crippen molar-refractivity contribution in [2.75, 3.05) is 23.8 Å². The molecule has 1 aromatic carbocycles. The van der Waals surface area contributed by atoms with Crippen molar-refractivity contribution in [3.63, 3.8) is 0 Å². The molecule has 0 aromatic heterocycles. The number of aryl methyl sites for hydroxylation is 1. The van der Waals surface area contributed by atoms with Crippen LogP contribution >= 0.6 is 0 Å². The monoisotopic (exact) mass is 392 g/mol. The van der Waals surface area contributed by atoms with Crippen molar-refractivity contribution < 1.29 is 29.3 Å². The predicted octanol–water partition coefficient (Wildman–Crippen LogP) is 2.50. The van der Waals surface area contributed by atoms with Gasteiger partial charge in [-0.05, 0) is 30.5 Å². The number of carbonyl (C=O) groups excluding carboxylic acids is 2. The van der Waals surface area contributed by atoms with Crippen LogP contribution in [0.2, 0.25) is 0 Å². The minimum atomic E-state index is -1.27. The van der Waals surface area contributed by atoms with E-state index in [4.69, 9.17) is 4.74 Å². The molecule has 0 bridgehead atoms. The van der Waals surface area contributed by atoms with Gasteiger partial charge in [0.25, 0.3) is 0 Å². The summed E-state index contributed by atoms with van der Waals surface area (Å²) in [5, 5.41) is 24.8. The predicted molar refractivity (Wildman–Crippen MR) is 105 cm³/mol. The summed E-state index contributed by atoms with van der Waals surface area (Å²) in [6, 6.07) is 1.60. The van der Waals surface area contributed by atoms with Crippen molar-refractivity contribution in [3.8, 4) is 0 Å². The van der Waals surface area contributed by atoms with Crippen LogP contribution in [-0.2, 0) is 14.3 Å². The number of hydrogen-bond donors (Lipinski definition) is 4. The van der Waals surface area contributed by atoms with E-state index in [1.54, 1.807) is 33.8 Å². The van der Waals surface area contributed by atoms with E-state index in [1.165, 1.54) is 6.92 Å². The SMILES string of the molecule is CC(=O)Nc1c(C(=O)O)c(NC(=O)C(C)(C)C)cc(C)c1[C@H]1CCO[C@H]1CO. The molecule has 0 radical (unpaired) electrons. The highest BCUT2D eigenvalue weighted by molar-refractivity contribution is 6.09. The van der Waals surface area contributed by atoms with Crippen molar-refractivity contribution in [2.45, 2.75) is 53.1 Å². The van der Waals surface area contributed by atoms with E-state index in [2.05, 4.69) is 10.6 Å². The highest BCUT2D eigenvalue weighted by atomic mass is 16.5. The molecule has 1 saturated heterocycles. The fourth-order valence-corrected chi connectivity index (χ4v) is 3.41. The van der Waals surface area contributed by atoms with Crippen LogP contribution in [0.15, 0.2) is 6.07 Å². The van der Waals surface area contributed by atoms with Crippen LogP contribution in [0, 0.1) is 12.3 Å². The van der Waals surface area contributed by atoms with Gasteiger partial charge in [-0.15, -0.1) is 0 Å². The summed E-state index contributed by atoms with van der Waals surface area (Å²) in [4.78, 5) is 36.4. The van der Waals surface area contributed by atoms with Gasteiger partial charge in [0.2, 0.25) is 11.8 Å². The fraction of sp³-hybridized carbons (Fsp3) is 0.550. The van der Waals surface area contributed by atoms with Crippen LogP contribution in [-0.4, -0.2) is 47.3 Å². The minimum Gasteiger partial charge on any atom is -0.478 e. The molecular formula is C20H28N2O6. The first-order valence-corrected chi connectivity index (χ1v) is 9.19. The van der Waals surface area contributed by atoms with Crippen LogP contribution in [0.25, 0.3) is 0 Å². The summed E-state index contributed by atoms with van der Waals surface area (Å²) >= 11 is 0. The second kappa shape index (κ2) is 8.28. The Hall–Kier alpha value is -2.45. The number of rotatable bonds is 5. The summed E-state index contributed by atoms with van der Waals surface area (Å²) in [5.74, 6) is -2.30. The lowest BCUT2D eigenvalue weighted by atomic mass is 9.85. The smallest absolute Gasteiger partial charge is 0.339 e. The van der Waals surface area contributed by atoms with E-state index < -0.39 is 23.4 Å². The fourth-order valence-electron chi connectivity index (χ4n) is 3.41. The van der Waals surface area contributed by atoms with Gasteiger partial charge >= 0.3 is 5.97 Å². The number of nitrogens with one attached hydrogen (secondary N) is 2. The van der Waals surface area contributed by atoms with Gasteiger partial charge in [0.05, 0.1) is 24.1 Å². The first kappa shape index (κ1) is 21.8. The molecule has 1 fully saturated rings. The second-order valence-electron chi connectivity index (χ2n) is 8.08. The molecule has 8 heteroatoms. The third kappa shape index (κ3) is 4.51. The molecule has 0 aliphatic carbocycles. The molecule has 1 aromatic rings.